The molecule has 7 heteroatoms. The molecule has 3 amide bonds. The number of β-amino-alcohol motifs (C(OH)–C–C–N with tert-alkyl or cyclic N) is 1. The lowest BCUT2D eigenvalue weighted by atomic mass is 10.2. The van der Waals surface area contributed by atoms with Crippen LogP contribution in [-0.4, -0.2) is 40.9 Å². The minimum Gasteiger partial charge on any atom is -0.395 e. The number of carbonyl (C=O) groups excluding carboxylic acids is 3. The van der Waals surface area contributed by atoms with Crippen LogP contribution in [0.4, 0.5) is 11.4 Å². The van der Waals surface area contributed by atoms with Gasteiger partial charge in [-0.2, -0.15) is 0 Å². The number of aliphatic hydroxyl groups is 1. The van der Waals surface area contributed by atoms with Gasteiger partial charge in [0.05, 0.1) is 13.2 Å². The van der Waals surface area contributed by atoms with Crippen LogP contribution < -0.4 is 10.6 Å². The summed E-state index contributed by atoms with van der Waals surface area (Å²) in [5, 5.41) is 14.6. The molecule has 0 spiro atoms. The number of anilines is 2. The van der Waals surface area contributed by atoms with Crippen molar-refractivity contribution in [2.24, 2.45) is 0 Å². The lowest BCUT2D eigenvalue weighted by Crippen LogP contribution is -2.34. The van der Waals surface area contributed by atoms with Crippen LogP contribution in [0.3, 0.4) is 0 Å². The van der Waals surface area contributed by atoms with Gasteiger partial charge in [0.25, 0.3) is 17.7 Å². The smallest absolute Gasteiger partial charge is 0.277 e. The summed E-state index contributed by atoms with van der Waals surface area (Å²) in [6.45, 7) is -0.341. The maximum Gasteiger partial charge on any atom is 0.277 e. The van der Waals surface area contributed by atoms with Crippen molar-refractivity contribution in [2.45, 2.75) is 0 Å². The van der Waals surface area contributed by atoms with Gasteiger partial charge in [-0.25, -0.2) is 0 Å². The first-order valence-electron chi connectivity index (χ1n) is 8.00. The number of nitrogens with one attached hydrogen (secondary N) is 2. The second-order valence-corrected chi connectivity index (χ2v) is 5.60. The van der Waals surface area contributed by atoms with Crippen LogP contribution in [0.5, 0.6) is 0 Å². The molecule has 1 heterocycles. The highest BCUT2D eigenvalue weighted by atomic mass is 16.3. The zero-order valence-electron chi connectivity index (χ0n) is 13.8. The molecule has 0 saturated heterocycles. The number of carbonyl (C=O) groups is 3. The number of rotatable bonds is 6. The van der Waals surface area contributed by atoms with Crippen molar-refractivity contribution in [3.8, 4) is 0 Å². The number of aliphatic hydroxyl groups excluding tert-OH is 1. The number of hydrogen-bond donors (Lipinski definition) is 3. The van der Waals surface area contributed by atoms with Crippen LogP contribution in [0.1, 0.15) is 10.4 Å². The molecule has 0 radical (unpaired) electrons. The molecule has 2 aromatic rings. The second kappa shape index (κ2) is 7.62. The minimum absolute atomic E-state index is 0.0491. The Balaban J connectivity index is 1.70. The molecular formula is C19H17N3O4. The van der Waals surface area contributed by atoms with Crippen molar-refractivity contribution in [3.05, 3.63) is 71.9 Å². The van der Waals surface area contributed by atoms with Crippen LogP contribution in [-0.2, 0) is 9.59 Å². The van der Waals surface area contributed by atoms with E-state index in [1.807, 2.05) is 6.07 Å². The molecule has 132 valence electrons. The van der Waals surface area contributed by atoms with E-state index in [0.29, 0.717) is 16.9 Å². The van der Waals surface area contributed by atoms with E-state index in [2.05, 4.69) is 10.6 Å². The molecule has 0 saturated carbocycles. The van der Waals surface area contributed by atoms with Gasteiger partial charge in [-0.05, 0) is 30.3 Å². The summed E-state index contributed by atoms with van der Waals surface area (Å²) in [5.74, 6) is -1.22. The third kappa shape index (κ3) is 3.79. The van der Waals surface area contributed by atoms with Crippen LogP contribution in [0, 0.1) is 0 Å². The first kappa shape index (κ1) is 17.4. The summed E-state index contributed by atoms with van der Waals surface area (Å²) in [6, 6.07) is 15.6. The fourth-order valence-electron chi connectivity index (χ4n) is 2.53. The number of amides is 3. The molecule has 2 aromatic carbocycles. The van der Waals surface area contributed by atoms with E-state index in [0.717, 1.165) is 4.90 Å². The lowest BCUT2D eigenvalue weighted by Gasteiger charge is -2.14. The van der Waals surface area contributed by atoms with E-state index in [1.165, 1.54) is 6.08 Å². The van der Waals surface area contributed by atoms with Gasteiger partial charge in [0, 0.05) is 23.0 Å². The molecule has 1 aliphatic rings. The molecular weight excluding hydrogens is 334 g/mol. The number of nitrogens with zero attached hydrogens (tertiary/aromatic N) is 1. The fraction of sp³-hybridized carbons (Fsp3) is 0.105. The average molecular weight is 351 g/mol. The highest BCUT2D eigenvalue weighted by Crippen LogP contribution is 2.20. The summed E-state index contributed by atoms with van der Waals surface area (Å²) in [7, 11) is 0. The third-order valence-electron chi connectivity index (χ3n) is 3.77. The largest absolute Gasteiger partial charge is 0.395 e. The van der Waals surface area contributed by atoms with Crippen molar-refractivity contribution < 1.29 is 19.5 Å². The Morgan fingerprint density at radius 3 is 2.46 bits per heavy atom. The Bertz CT molecular complexity index is 877. The molecule has 7 nitrogen and oxygen atoms in total. The van der Waals surface area contributed by atoms with Crippen molar-refractivity contribution in [2.75, 3.05) is 23.8 Å². The maximum atomic E-state index is 12.2. The van der Waals surface area contributed by atoms with Crippen molar-refractivity contribution in [1.82, 2.24) is 4.90 Å². The normalized spacial score (nSPS) is 13.6. The van der Waals surface area contributed by atoms with E-state index < -0.39 is 11.8 Å². The van der Waals surface area contributed by atoms with Crippen molar-refractivity contribution >= 4 is 29.1 Å². The molecule has 0 unspecified atom stereocenters. The summed E-state index contributed by atoms with van der Waals surface area (Å²) in [4.78, 5) is 37.1. The molecule has 26 heavy (non-hydrogen) atoms. The molecule has 0 fully saturated rings. The summed E-state index contributed by atoms with van der Waals surface area (Å²) >= 11 is 0. The van der Waals surface area contributed by atoms with Crippen LogP contribution in [0.25, 0.3) is 0 Å². The molecule has 0 atom stereocenters. The van der Waals surface area contributed by atoms with E-state index in [1.54, 1.807) is 48.5 Å². The van der Waals surface area contributed by atoms with E-state index >= 15 is 0 Å². The van der Waals surface area contributed by atoms with Crippen LogP contribution in [0.15, 0.2) is 66.4 Å². The standard InChI is InChI=1S/C19H17N3O4/c23-10-9-22-17(24)12-16(19(22)26)20-14-7-4-8-15(11-14)21-18(25)13-5-2-1-3-6-13/h1-8,11-12,20,23H,9-10H2,(H,21,25). The molecule has 0 aromatic heterocycles. The summed E-state index contributed by atoms with van der Waals surface area (Å²) in [5.41, 5.74) is 1.75. The first-order chi connectivity index (χ1) is 12.6. The molecule has 3 rings (SSSR count). The quantitative estimate of drug-likeness (QED) is 0.687. The predicted molar refractivity (Wildman–Crippen MR) is 96.3 cm³/mol. The summed E-state index contributed by atoms with van der Waals surface area (Å²) in [6.07, 6.45) is 1.19. The number of hydrogen-bond acceptors (Lipinski definition) is 5. The number of imide groups is 1. The average Bonchev–Trinajstić information content (AvgIpc) is 2.90. The SMILES string of the molecule is O=C(Nc1cccc(NC2=CC(=O)N(CCO)C2=O)c1)c1ccccc1. The Hall–Kier alpha value is -3.45. The van der Waals surface area contributed by atoms with Gasteiger partial charge in [0.1, 0.15) is 5.70 Å². The van der Waals surface area contributed by atoms with Gasteiger partial charge in [0.15, 0.2) is 0 Å². The Morgan fingerprint density at radius 1 is 1.00 bits per heavy atom. The Morgan fingerprint density at radius 2 is 1.73 bits per heavy atom. The highest BCUT2D eigenvalue weighted by Gasteiger charge is 2.30. The van der Waals surface area contributed by atoms with Crippen LogP contribution >= 0.6 is 0 Å². The zero-order chi connectivity index (χ0) is 18.5. The topological polar surface area (TPSA) is 98.7 Å². The van der Waals surface area contributed by atoms with E-state index in [9.17, 15) is 14.4 Å². The van der Waals surface area contributed by atoms with Gasteiger partial charge in [-0.1, -0.05) is 24.3 Å². The number of benzene rings is 2. The highest BCUT2D eigenvalue weighted by molar-refractivity contribution is 6.17. The van der Waals surface area contributed by atoms with E-state index in [4.69, 9.17) is 5.11 Å². The van der Waals surface area contributed by atoms with Crippen LogP contribution in [0.2, 0.25) is 0 Å². The minimum atomic E-state index is -0.497. The van der Waals surface area contributed by atoms with E-state index in [-0.39, 0.29) is 24.8 Å². The zero-order valence-corrected chi connectivity index (χ0v) is 13.8. The summed E-state index contributed by atoms with van der Waals surface area (Å²) < 4.78 is 0. The molecule has 0 bridgehead atoms. The van der Waals surface area contributed by atoms with Crippen molar-refractivity contribution in [1.29, 1.82) is 0 Å². The lowest BCUT2D eigenvalue weighted by molar-refractivity contribution is -0.137. The predicted octanol–water partition coefficient (Wildman–Crippen LogP) is 1.60. The molecule has 0 aliphatic carbocycles. The Labute approximate surface area is 149 Å². The monoisotopic (exact) mass is 351 g/mol. The van der Waals surface area contributed by atoms with Gasteiger partial charge in [-0.15, -0.1) is 0 Å². The van der Waals surface area contributed by atoms with Gasteiger partial charge in [0.2, 0.25) is 0 Å². The molecule has 3 N–H and O–H groups in total. The molecule has 1 aliphatic heterocycles. The Kier molecular flexibility index (Phi) is 5.09. The third-order valence-corrected chi connectivity index (χ3v) is 3.77. The van der Waals surface area contributed by atoms with Gasteiger partial charge >= 0.3 is 0 Å². The second-order valence-electron chi connectivity index (χ2n) is 5.60. The van der Waals surface area contributed by atoms with Gasteiger partial charge < -0.3 is 15.7 Å². The first-order valence-corrected chi connectivity index (χ1v) is 8.00. The van der Waals surface area contributed by atoms with Crippen molar-refractivity contribution in [3.63, 3.8) is 0 Å². The maximum absolute atomic E-state index is 12.2. The fourth-order valence-corrected chi connectivity index (χ4v) is 2.53. The van der Waals surface area contributed by atoms with Gasteiger partial charge in [-0.3, -0.25) is 19.3 Å².